The number of terminal acetylenes is 1. The lowest BCUT2D eigenvalue weighted by atomic mass is 10.3. The van der Waals surface area contributed by atoms with Gasteiger partial charge in [-0.25, -0.2) is 0 Å². The number of hydrogen-bond acceptors (Lipinski definition) is 1. The summed E-state index contributed by atoms with van der Waals surface area (Å²) in [6, 6.07) is 6.92. The van der Waals surface area contributed by atoms with E-state index in [2.05, 4.69) is 6.11 Å². The maximum Gasteiger partial charge on any atom is 0.141 e. The lowest BCUT2D eigenvalue weighted by molar-refractivity contribution is 0.521. The fourth-order valence-corrected chi connectivity index (χ4v) is 0.779. The van der Waals surface area contributed by atoms with Crippen LogP contribution in [0.2, 0.25) is 5.02 Å². The van der Waals surface area contributed by atoms with Crippen LogP contribution in [0.15, 0.2) is 24.3 Å². The zero-order valence-electron chi connectivity index (χ0n) is 5.17. The number of hydrogen-bond donors (Lipinski definition) is 0. The summed E-state index contributed by atoms with van der Waals surface area (Å²) in [6.07, 6.45) is 6.95. The number of ether oxygens (including phenoxy) is 1. The van der Waals surface area contributed by atoms with Crippen molar-refractivity contribution in [3.63, 3.8) is 0 Å². The van der Waals surface area contributed by atoms with Gasteiger partial charge >= 0.3 is 0 Å². The Bertz CT molecular complexity index is 262. The van der Waals surface area contributed by atoms with Gasteiger partial charge in [0.25, 0.3) is 0 Å². The Morgan fingerprint density at radius 1 is 1.50 bits per heavy atom. The molecule has 0 saturated heterocycles. The van der Waals surface area contributed by atoms with E-state index in [4.69, 9.17) is 22.8 Å². The van der Waals surface area contributed by atoms with E-state index >= 15 is 0 Å². The maximum atomic E-state index is 5.63. The van der Waals surface area contributed by atoms with Crippen molar-refractivity contribution < 1.29 is 4.74 Å². The molecule has 0 saturated carbocycles. The van der Waals surface area contributed by atoms with E-state index < -0.39 is 0 Å². The summed E-state index contributed by atoms with van der Waals surface area (Å²) in [6.45, 7) is 0. The molecule has 0 atom stereocenters. The lowest BCUT2D eigenvalue weighted by Crippen LogP contribution is -1.79. The predicted octanol–water partition coefficient (Wildman–Crippen LogP) is 2.31. The molecule has 0 amide bonds. The van der Waals surface area contributed by atoms with Crippen molar-refractivity contribution in [2.24, 2.45) is 0 Å². The summed E-state index contributed by atoms with van der Waals surface area (Å²) in [7, 11) is 0. The standard InChI is InChI=1S/C8H5ClO/c1-2-10-8-5-3-4-7(9)6-8/h1,3-6H. The SMILES string of the molecule is C#COc1cccc(Cl)c1. The second kappa shape index (κ2) is 3.14. The summed E-state index contributed by atoms with van der Waals surface area (Å²) in [5.74, 6) is 0.593. The molecular formula is C8H5ClO. The normalized spacial score (nSPS) is 8.40. The highest BCUT2D eigenvalue weighted by molar-refractivity contribution is 6.30. The van der Waals surface area contributed by atoms with Gasteiger partial charge in [0, 0.05) is 11.1 Å². The fourth-order valence-electron chi connectivity index (χ4n) is 0.599. The van der Waals surface area contributed by atoms with Crippen molar-refractivity contribution in [2.75, 3.05) is 0 Å². The van der Waals surface area contributed by atoms with Crippen molar-refractivity contribution in [2.45, 2.75) is 0 Å². The van der Waals surface area contributed by atoms with Crippen molar-refractivity contribution in [1.29, 1.82) is 0 Å². The van der Waals surface area contributed by atoms with Crippen LogP contribution in [0.25, 0.3) is 0 Å². The van der Waals surface area contributed by atoms with Gasteiger partial charge < -0.3 is 4.74 Å². The molecule has 1 nitrogen and oxygen atoms in total. The molecule has 2 heteroatoms. The highest BCUT2D eigenvalue weighted by Crippen LogP contribution is 2.16. The second-order valence-electron chi connectivity index (χ2n) is 1.68. The first-order chi connectivity index (χ1) is 4.83. The summed E-state index contributed by atoms with van der Waals surface area (Å²) >= 11 is 5.63. The van der Waals surface area contributed by atoms with Gasteiger partial charge in [-0.1, -0.05) is 24.1 Å². The fraction of sp³-hybridized carbons (Fsp3) is 0. The van der Waals surface area contributed by atoms with Crippen molar-refractivity contribution >= 4 is 11.6 Å². The largest absolute Gasteiger partial charge is 0.408 e. The molecule has 1 rings (SSSR count). The van der Waals surface area contributed by atoms with E-state index in [9.17, 15) is 0 Å². The molecule has 0 aliphatic heterocycles. The topological polar surface area (TPSA) is 9.23 Å². The Kier molecular flexibility index (Phi) is 2.20. The van der Waals surface area contributed by atoms with Crippen LogP contribution in [-0.4, -0.2) is 0 Å². The van der Waals surface area contributed by atoms with Crippen LogP contribution in [-0.2, 0) is 0 Å². The van der Waals surface area contributed by atoms with Crippen molar-refractivity contribution in [3.05, 3.63) is 29.3 Å². The molecule has 50 valence electrons. The maximum absolute atomic E-state index is 5.63. The summed E-state index contributed by atoms with van der Waals surface area (Å²) in [5, 5.41) is 0.618. The minimum absolute atomic E-state index is 0.593. The Morgan fingerprint density at radius 2 is 2.30 bits per heavy atom. The van der Waals surface area contributed by atoms with E-state index in [1.165, 1.54) is 0 Å². The molecule has 0 aliphatic rings. The Hall–Kier alpha value is -1.13. The first kappa shape index (κ1) is 6.98. The van der Waals surface area contributed by atoms with Crippen LogP contribution in [0.5, 0.6) is 5.75 Å². The van der Waals surface area contributed by atoms with Gasteiger partial charge in [0.05, 0.1) is 0 Å². The highest BCUT2D eigenvalue weighted by Gasteiger charge is 1.90. The zero-order chi connectivity index (χ0) is 7.40. The van der Waals surface area contributed by atoms with Crippen LogP contribution < -0.4 is 4.74 Å². The van der Waals surface area contributed by atoms with Crippen LogP contribution >= 0.6 is 11.6 Å². The van der Waals surface area contributed by atoms with Crippen LogP contribution in [0, 0.1) is 12.5 Å². The molecule has 0 spiro atoms. The third kappa shape index (κ3) is 1.68. The van der Waals surface area contributed by atoms with E-state index in [0.717, 1.165) is 0 Å². The molecule has 0 N–H and O–H groups in total. The van der Waals surface area contributed by atoms with Gasteiger partial charge in [0.15, 0.2) is 0 Å². The van der Waals surface area contributed by atoms with Gasteiger partial charge in [-0.2, -0.15) is 0 Å². The van der Waals surface area contributed by atoms with Crippen LogP contribution in [0.4, 0.5) is 0 Å². The number of halogens is 1. The van der Waals surface area contributed by atoms with Gasteiger partial charge in [-0.3, -0.25) is 0 Å². The zero-order valence-corrected chi connectivity index (χ0v) is 5.93. The third-order valence-electron chi connectivity index (χ3n) is 0.973. The molecule has 0 radical (unpaired) electrons. The van der Waals surface area contributed by atoms with Crippen molar-refractivity contribution in [3.8, 4) is 18.3 Å². The lowest BCUT2D eigenvalue weighted by Gasteiger charge is -1.94. The minimum Gasteiger partial charge on any atom is -0.408 e. The van der Waals surface area contributed by atoms with Gasteiger partial charge in [0.2, 0.25) is 0 Å². The molecule has 1 aromatic carbocycles. The Morgan fingerprint density at radius 3 is 2.90 bits per heavy atom. The minimum atomic E-state index is 0.593. The Balaban J connectivity index is 2.87. The molecular weight excluding hydrogens is 148 g/mol. The first-order valence-corrected chi connectivity index (χ1v) is 3.09. The molecule has 0 aromatic heterocycles. The summed E-state index contributed by atoms with van der Waals surface area (Å²) < 4.78 is 4.73. The monoisotopic (exact) mass is 152 g/mol. The second-order valence-corrected chi connectivity index (χ2v) is 2.11. The van der Waals surface area contributed by atoms with Gasteiger partial charge in [-0.15, -0.1) is 0 Å². The average molecular weight is 153 g/mol. The molecule has 0 unspecified atom stereocenters. The van der Waals surface area contributed by atoms with Crippen LogP contribution in [0.1, 0.15) is 0 Å². The van der Waals surface area contributed by atoms with E-state index in [-0.39, 0.29) is 0 Å². The molecule has 10 heavy (non-hydrogen) atoms. The average Bonchev–Trinajstić information content (AvgIpc) is 1.88. The Labute approximate surface area is 64.6 Å². The molecule has 0 fully saturated rings. The quantitative estimate of drug-likeness (QED) is 0.562. The first-order valence-electron chi connectivity index (χ1n) is 2.71. The van der Waals surface area contributed by atoms with E-state index in [1.807, 2.05) is 0 Å². The third-order valence-corrected chi connectivity index (χ3v) is 1.21. The van der Waals surface area contributed by atoms with E-state index in [0.29, 0.717) is 10.8 Å². The molecule has 1 aromatic rings. The van der Waals surface area contributed by atoms with E-state index in [1.54, 1.807) is 24.3 Å². The van der Waals surface area contributed by atoms with Gasteiger partial charge in [0.1, 0.15) is 11.9 Å². The molecule has 0 aliphatic carbocycles. The number of rotatable bonds is 1. The highest BCUT2D eigenvalue weighted by atomic mass is 35.5. The number of benzene rings is 1. The van der Waals surface area contributed by atoms with Crippen LogP contribution in [0.3, 0.4) is 0 Å². The predicted molar refractivity (Wildman–Crippen MR) is 40.9 cm³/mol. The summed E-state index contributed by atoms with van der Waals surface area (Å²) in [5.41, 5.74) is 0. The molecule has 0 heterocycles. The van der Waals surface area contributed by atoms with Crippen molar-refractivity contribution in [1.82, 2.24) is 0 Å². The molecule has 0 bridgehead atoms. The van der Waals surface area contributed by atoms with Gasteiger partial charge in [-0.05, 0) is 12.1 Å². The smallest absolute Gasteiger partial charge is 0.141 e. The summed E-state index contributed by atoms with van der Waals surface area (Å²) in [4.78, 5) is 0.